The molecular formula is C15H16N2O3. The number of nitrogens with one attached hydrogen (secondary N) is 1. The maximum Gasteiger partial charge on any atom is 0.243 e. The minimum atomic E-state index is -0.215. The zero-order valence-corrected chi connectivity index (χ0v) is 11.1. The Kier molecular flexibility index (Phi) is 4.75. The fourth-order valence-corrected chi connectivity index (χ4v) is 2.06. The number of anilines is 1. The topological polar surface area (TPSA) is 69.6 Å². The fourth-order valence-electron chi connectivity index (χ4n) is 2.06. The van der Waals surface area contributed by atoms with Gasteiger partial charge in [0.05, 0.1) is 6.54 Å². The molecule has 1 aliphatic rings. The molecule has 2 rings (SSSR count). The lowest BCUT2D eigenvalue weighted by Crippen LogP contribution is -2.33. The first kappa shape index (κ1) is 14.1. The van der Waals surface area contributed by atoms with Crippen LogP contribution in [-0.2, 0) is 9.59 Å². The Hall–Kier alpha value is -2.32. The fraction of sp³-hybridized carbons (Fsp3) is 0.333. The van der Waals surface area contributed by atoms with E-state index in [2.05, 4.69) is 17.2 Å². The van der Waals surface area contributed by atoms with Crippen LogP contribution in [0.5, 0.6) is 0 Å². The summed E-state index contributed by atoms with van der Waals surface area (Å²) in [7, 11) is 0. The second-order valence-electron chi connectivity index (χ2n) is 4.51. The summed E-state index contributed by atoms with van der Waals surface area (Å²) < 4.78 is 0. The summed E-state index contributed by atoms with van der Waals surface area (Å²) in [6.45, 7) is 0.535. The Bertz CT molecular complexity index is 572. The van der Waals surface area contributed by atoms with Crippen molar-refractivity contribution in [3.63, 3.8) is 0 Å². The highest BCUT2D eigenvalue weighted by Gasteiger charge is 2.22. The van der Waals surface area contributed by atoms with Crippen LogP contribution in [0.25, 0.3) is 0 Å². The molecule has 0 saturated carbocycles. The van der Waals surface area contributed by atoms with Crippen molar-refractivity contribution in [3.8, 4) is 11.8 Å². The van der Waals surface area contributed by atoms with Crippen molar-refractivity contribution in [3.05, 3.63) is 29.8 Å². The molecular weight excluding hydrogens is 256 g/mol. The third-order valence-electron chi connectivity index (χ3n) is 2.96. The second-order valence-corrected chi connectivity index (χ2v) is 4.51. The minimum Gasteiger partial charge on any atom is -0.384 e. The van der Waals surface area contributed by atoms with Crippen LogP contribution in [0, 0.1) is 11.8 Å². The number of amides is 2. The Morgan fingerprint density at radius 2 is 2.30 bits per heavy atom. The monoisotopic (exact) mass is 272 g/mol. The SMILES string of the molecule is O=C(CN1CCCC1=O)Nc1cccc(C#CCO)c1. The number of likely N-dealkylation sites (tertiary alicyclic amines) is 1. The van der Waals surface area contributed by atoms with Crippen LogP contribution in [-0.4, -0.2) is 41.5 Å². The quantitative estimate of drug-likeness (QED) is 0.791. The number of aliphatic hydroxyl groups is 1. The van der Waals surface area contributed by atoms with Gasteiger partial charge in [0.1, 0.15) is 6.61 Å². The van der Waals surface area contributed by atoms with E-state index < -0.39 is 0 Å². The van der Waals surface area contributed by atoms with Gasteiger partial charge in [-0.05, 0) is 24.6 Å². The number of hydrogen-bond donors (Lipinski definition) is 2. The molecule has 0 aromatic heterocycles. The molecule has 5 heteroatoms. The van der Waals surface area contributed by atoms with Crippen LogP contribution in [0.1, 0.15) is 18.4 Å². The Balaban J connectivity index is 1.95. The van der Waals surface area contributed by atoms with Crippen molar-refractivity contribution in [2.75, 3.05) is 25.0 Å². The summed E-state index contributed by atoms with van der Waals surface area (Å²) in [5.74, 6) is 5.14. The lowest BCUT2D eigenvalue weighted by molar-refractivity contribution is -0.131. The smallest absolute Gasteiger partial charge is 0.243 e. The Morgan fingerprint density at radius 3 is 3.00 bits per heavy atom. The van der Waals surface area contributed by atoms with E-state index in [9.17, 15) is 9.59 Å². The first-order chi connectivity index (χ1) is 9.69. The predicted octanol–water partition coefficient (Wildman–Crippen LogP) is 0.591. The van der Waals surface area contributed by atoms with Crippen molar-refractivity contribution < 1.29 is 14.7 Å². The minimum absolute atomic E-state index is 0.0303. The van der Waals surface area contributed by atoms with Gasteiger partial charge in [-0.3, -0.25) is 9.59 Å². The molecule has 0 bridgehead atoms. The molecule has 1 heterocycles. The van der Waals surface area contributed by atoms with Crippen LogP contribution in [0.3, 0.4) is 0 Å². The van der Waals surface area contributed by atoms with Crippen molar-refractivity contribution in [2.24, 2.45) is 0 Å². The Labute approximate surface area is 117 Å². The van der Waals surface area contributed by atoms with Gasteiger partial charge in [-0.2, -0.15) is 0 Å². The number of nitrogens with zero attached hydrogens (tertiary/aromatic N) is 1. The third-order valence-corrected chi connectivity index (χ3v) is 2.96. The highest BCUT2D eigenvalue weighted by atomic mass is 16.2. The van der Waals surface area contributed by atoms with Crippen LogP contribution in [0.2, 0.25) is 0 Å². The van der Waals surface area contributed by atoms with Gasteiger partial charge >= 0.3 is 0 Å². The summed E-state index contributed by atoms with van der Waals surface area (Å²) in [4.78, 5) is 24.9. The maximum absolute atomic E-state index is 11.9. The molecule has 0 unspecified atom stereocenters. The van der Waals surface area contributed by atoms with Gasteiger partial charge in [-0.25, -0.2) is 0 Å². The molecule has 2 amide bonds. The number of hydrogen-bond acceptors (Lipinski definition) is 3. The Morgan fingerprint density at radius 1 is 1.45 bits per heavy atom. The summed E-state index contributed by atoms with van der Waals surface area (Å²) >= 11 is 0. The average molecular weight is 272 g/mol. The van der Waals surface area contributed by atoms with E-state index in [1.54, 1.807) is 29.2 Å². The van der Waals surface area contributed by atoms with Gasteiger partial charge in [-0.15, -0.1) is 0 Å². The maximum atomic E-state index is 11.9. The van der Waals surface area contributed by atoms with Gasteiger partial charge in [-0.1, -0.05) is 17.9 Å². The molecule has 1 aromatic carbocycles. The van der Waals surface area contributed by atoms with Crippen LogP contribution in [0.4, 0.5) is 5.69 Å². The van der Waals surface area contributed by atoms with Crippen LogP contribution < -0.4 is 5.32 Å². The molecule has 0 atom stereocenters. The number of benzene rings is 1. The van der Waals surface area contributed by atoms with E-state index in [4.69, 9.17) is 5.11 Å². The lowest BCUT2D eigenvalue weighted by atomic mass is 10.2. The highest BCUT2D eigenvalue weighted by molar-refractivity contribution is 5.95. The van der Waals surface area contributed by atoms with Gasteiger partial charge in [0.15, 0.2) is 0 Å². The first-order valence-corrected chi connectivity index (χ1v) is 6.46. The number of carbonyl (C=O) groups is 2. The van der Waals surface area contributed by atoms with E-state index in [0.29, 0.717) is 24.2 Å². The molecule has 20 heavy (non-hydrogen) atoms. The van der Waals surface area contributed by atoms with E-state index in [1.807, 2.05) is 0 Å². The van der Waals surface area contributed by atoms with Gasteiger partial charge < -0.3 is 15.3 Å². The molecule has 1 fully saturated rings. The molecule has 0 aliphatic carbocycles. The van der Waals surface area contributed by atoms with E-state index in [0.717, 1.165) is 6.42 Å². The van der Waals surface area contributed by atoms with Gasteiger partial charge in [0.2, 0.25) is 11.8 Å². The van der Waals surface area contributed by atoms with E-state index in [-0.39, 0.29) is 25.0 Å². The summed E-state index contributed by atoms with van der Waals surface area (Å²) in [6.07, 6.45) is 1.35. The van der Waals surface area contributed by atoms with Crippen molar-refractivity contribution >= 4 is 17.5 Å². The number of carbonyl (C=O) groups excluding carboxylic acids is 2. The molecule has 1 aliphatic heterocycles. The zero-order chi connectivity index (χ0) is 14.4. The van der Waals surface area contributed by atoms with Crippen molar-refractivity contribution in [1.29, 1.82) is 0 Å². The zero-order valence-electron chi connectivity index (χ0n) is 11.1. The van der Waals surface area contributed by atoms with Gasteiger partial charge in [0, 0.05) is 24.2 Å². The molecule has 2 N–H and O–H groups in total. The number of rotatable bonds is 3. The van der Waals surface area contributed by atoms with E-state index in [1.165, 1.54) is 0 Å². The first-order valence-electron chi connectivity index (χ1n) is 6.46. The van der Waals surface area contributed by atoms with Crippen molar-refractivity contribution in [1.82, 2.24) is 4.90 Å². The van der Waals surface area contributed by atoms with E-state index >= 15 is 0 Å². The largest absolute Gasteiger partial charge is 0.384 e. The molecule has 104 valence electrons. The summed E-state index contributed by atoms with van der Waals surface area (Å²) in [5, 5.41) is 11.4. The standard InChI is InChI=1S/C15H16N2O3/c18-9-3-5-12-4-1-6-13(10-12)16-14(19)11-17-8-2-7-15(17)20/h1,4,6,10,18H,2,7-9,11H2,(H,16,19). The summed E-state index contributed by atoms with van der Waals surface area (Å²) in [6, 6.07) is 7.06. The lowest BCUT2D eigenvalue weighted by Gasteiger charge is -2.15. The number of aliphatic hydroxyl groups excluding tert-OH is 1. The predicted molar refractivity (Wildman–Crippen MR) is 74.8 cm³/mol. The molecule has 5 nitrogen and oxygen atoms in total. The van der Waals surface area contributed by atoms with Crippen molar-refractivity contribution in [2.45, 2.75) is 12.8 Å². The summed E-state index contributed by atoms with van der Waals surface area (Å²) in [5.41, 5.74) is 1.35. The molecule has 1 aromatic rings. The van der Waals surface area contributed by atoms with Gasteiger partial charge in [0.25, 0.3) is 0 Å². The average Bonchev–Trinajstić information content (AvgIpc) is 2.82. The van der Waals surface area contributed by atoms with Crippen LogP contribution in [0.15, 0.2) is 24.3 Å². The molecule has 1 saturated heterocycles. The highest BCUT2D eigenvalue weighted by Crippen LogP contribution is 2.12. The molecule has 0 spiro atoms. The third kappa shape index (κ3) is 3.84. The normalized spacial score (nSPS) is 13.8. The second kappa shape index (κ2) is 6.73. The molecule has 0 radical (unpaired) electrons. The van der Waals surface area contributed by atoms with Crippen LogP contribution >= 0.6 is 0 Å².